The standard InChI is InChI=1S/C19H21N3O2S/c1-2-24-16-11-12-20-18-13(16)7-3-6-10-17(18)25(23)19-21-14-8-4-5-9-15(14)22-19/h4-5,8-9,11-12,17H,2-3,6-7,10H2,1H3,(H,21,22). The van der Waals surface area contributed by atoms with Crippen LogP contribution in [0.4, 0.5) is 0 Å². The van der Waals surface area contributed by atoms with Gasteiger partial charge in [0.05, 0.1) is 39.4 Å². The Kier molecular flexibility index (Phi) is 4.53. The first-order chi connectivity index (χ1) is 12.3. The van der Waals surface area contributed by atoms with Crippen LogP contribution < -0.4 is 4.74 Å². The molecule has 0 fully saturated rings. The first-order valence-electron chi connectivity index (χ1n) is 8.74. The number of aromatic amines is 1. The van der Waals surface area contributed by atoms with Gasteiger partial charge in [-0.25, -0.2) is 4.98 Å². The predicted molar refractivity (Wildman–Crippen MR) is 98.2 cm³/mol. The second-order valence-electron chi connectivity index (χ2n) is 6.20. The summed E-state index contributed by atoms with van der Waals surface area (Å²) < 4.78 is 19.1. The Labute approximate surface area is 149 Å². The van der Waals surface area contributed by atoms with E-state index in [4.69, 9.17) is 4.74 Å². The van der Waals surface area contributed by atoms with Gasteiger partial charge in [-0.05, 0) is 44.4 Å². The molecule has 2 unspecified atom stereocenters. The Balaban J connectivity index is 1.75. The Hall–Kier alpha value is -2.21. The van der Waals surface area contributed by atoms with Crippen molar-refractivity contribution in [1.82, 2.24) is 15.0 Å². The van der Waals surface area contributed by atoms with Gasteiger partial charge in [0, 0.05) is 11.8 Å². The maximum Gasteiger partial charge on any atom is 0.198 e. The van der Waals surface area contributed by atoms with Crippen LogP contribution in [0.25, 0.3) is 11.0 Å². The molecule has 3 aromatic rings. The summed E-state index contributed by atoms with van der Waals surface area (Å²) in [6.07, 6.45) is 5.62. The molecule has 0 amide bonds. The summed E-state index contributed by atoms with van der Waals surface area (Å²) in [5.41, 5.74) is 3.77. The number of rotatable bonds is 4. The lowest BCUT2D eigenvalue weighted by Crippen LogP contribution is -2.12. The third-order valence-electron chi connectivity index (χ3n) is 4.61. The minimum Gasteiger partial charge on any atom is -0.493 e. The number of imidazole rings is 1. The van der Waals surface area contributed by atoms with Gasteiger partial charge in [-0.1, -0.05) is 18.6 Å². The highest BCUT2D eigenvalue weighted by Crippen LogP contribution is 2.37. The molecule has 0 bridgehead atoms. The first kappa shape index (κ1) is 16.3. The highest BCUT2D eigenvalue weighted by molar-refractivity contribution is 7.85. The van der Waals surface area contributed by atoms with Gasteiger partial charge in [0.25, 0.3) is 0 Å². The van der Waals surface area contributed by atoms with Crippen molar-refractivity contribution in [3.8, 4) is 5.75 Å². The molecule has 4 rings (SSSR count). The van der Waals surface area contributed by atoms with Gasteiger partial charge in [0.2, 0.25) is 0 Å². The number of benzene rings is 1. The van der Waals surface area contributed by atoms with Crippen molar-refractivity contribution in [1.29, 1.82) is 0 Å². The highest BCUT2D eigenvalue weighted by Gasteiger charge is 2.29. The molecule has 0 radical (unpaired) electrons. The minimum absolute atomic E-state index is 0.154. The molecule has 1 aliphatic rings. The van der Waals surface area contributed by atoms with Gasteiger partial charge in [-0.15, -0.1) is 0 Å². The van der Waals surface area contributed by atoms with Crippen molar-refractivity contribution in [3.05, 3.63) is 47.8 Å². The van der Waals surface area contributed by atoms with Crippen molar-refractivity contribution < 1.29 is 8.95 Å². The minimum atomic E-state index is -1.27. The van der Waals surface area contributed by atoms with Gasteiger partial charge in [0.1, 0.15) is 5.75 Å². The molecule has 2 aromatic heterocycles. The maximum atomic E-state index is 13.3. The fourth-order valence-electron chi connectivity index (χ4n) is 3.45. The zero-order chi connectivity index (χ0) is 17.2. The van der Waals surface area contributed by atoms with Gasteiger partial charge >= 0.3 is 0 Å². The van der Waals surface area contributed by atoms with Gasteiger partial charge in [-0.2, -0.15) is 0 Å². The molecule has 0 saturated heterocycles. The highest BCUT2D eigenvalue weighted by atomic mass is 32.2. The molecule has 130 valence electrons. The largest absolute Gasteiger partial charge is 0.493 e. The van der Waals surface area contributed by atoms with E-state index in [9.17, 15) is 4.21 Å². The van der Waals surface area contributed by atoms with Crippen LogP contribution in [0, 0.1) is 0 Å². The van der Waals surface area contributed by atoms with Crippen LogP contribution in [0.2, 0.25) is 0 Å². The lowest BCUT2D eigenvalue weighted by atomic mass is 10.1. The van der Waals surface area contributed by atoms with Crippen molar-refractivity contribution in [2.45, 2.75) is 43.0 Å². The summed E-state index contributed by atoms with van der Waals surface area (Å²) in [5.74, 6) is 0.876. The van der Waals surface area contributed by atoms with E-state index in [-0.39, 0.29) is 5.25 Å². The van der Waals surface area contributed by atoms with Crippen molar-refractivity contribution in [3.63, 3.8) is 0 Å². The predicted octanol–water partition coefficient (Wildman–Crippen LogP) is 3.93. The molecule has 1 aromatic carbocycles. The quantitative estimate of drug-likeness (QED) is 0.720. The normalized spacial score (nSPS) is 18.5. The summed E-state index contributed by atoms with van der Waals surface area (Å²) in [5, 5.41) is 0.376. The third kappa shape index (κ3) is 3.06. The summed E-state index contributed by atoms with van der Waals surface area (Å²) in [4.78, 5) is 12.3. The van der Waals surface area contributed by atoms with Crippen molar-refractivity contribution >= 4 is 21.8 Å². The van der Waals surface area contributed by atoms with E-state index >= 15 is 0 Å². The number of hydrogen-bond acceptors (Lipinski definition) is 4. The molecule has 0 saturated carbocycles. The third-order valence-corrected chi connectivity index (χ3v) is 6.16. The van der Waals surface area contributed by atoms with Crippen molar-refractivity contribution in [2.24, 2.45) is 0 Å². The number of aromatic nitrogens is 3. The van der Waals surface area contributed by atoms with E-state index in [0.29, 0.717) is 11.8 Å². The van der Waals surface area contributed by atoms with Crippen LogP contribution in [-0.4, -0.2) is 25.8 Å². The fourth-order valence-corrected chi connectivity index (χ4v) is 4.90. The SMILES string of the molecule is CCOc1ccnc2c1CCCCC2S(=O)c1nc2ccccc2[nH]1. The molecule has 1 aliphatic carbocycles. The van der Waals surface area contributed by atoms with Crippen LogP contribution in [0.15, 0.2) is 41.7 Å². The molecular formula is C19H21N3O2S. The van der Waals surface area contributed by atoms with E-state index in [1.54, 1.807) is 6.20 Å². The number of nitrogens with zero attached hydrogens (tertiary/aromatic N) is 2. The first-order valence-corrected chi connectivity index (χ1v) is 9.95. The van der Waals surface area contributed by atoms with Gasteiger partial charge in [0.15, 0.2) is 5.16 Å². The van der Waals surface area contributed by atoms with Gasteiger partial charge in [-0.3, -0.25) is 9.19 Å². The van der Waals surface area contributed by atoms with E-state index in [1.165, 1.54) is 0 Å². The molecule has 0 spiro atoms. The molecule has 2 heterocycles. The number of para-hydroxylation sites is 2. The van der Waals surface area contributed by atoms with E-state index < -0.39 is 10.8 Å². The molecule has 0 aliphatic heterocycles. The monoisotopic (exact) mass is 355 g/mol. The molecule has 2 atom stereocenters. The topological polar surface area (TPSA) is 67.9 Å². The molecular weight excluding hydrogens is 334 g/mol. The number of pyridine rings is 1. The van der Waals surface area contributed by atoms with Crippen LogP contribution in [0.1, 0.15) is 42.7 Å². The molecule has 5 nitrogen and oxygen atoms in total. The van der Waals surface area contributed by atoms with Crippen LogP contribution in [0.5, 0.6) is 5.75 Å². The summed E-state index contributed by atoms with van der Waals surface area (Å²) in [6.45, 7) is 2.60. The van der Waals surface area contributed by atoms with Crippen molar-refractivity contribution in [2.75, 3.05) is 6.61 Å². The van der Waals surface area contributed by atoms with Crippen LogP contribution in [0.3, 0.4) is 0 Å². The summed E-state index contributed by atoms with van der Waals surface area (Å²) in [7, 11) is -1.27. The van der Waals surface area contributed by atoms with Gasteiger partial charge < -0.3 is 9.72 Å². The van der Waals surface area contributed by atoms with E-state index in [1.807, 2.05) is 37.3 Å². The number of H-pyrrole nitrogens is 1. The fraction of sp³-hybridized carbons (Fsp3) is 0.368. The lowest BCUT2D eigenvalue weighted by molar-refractivity contribution is 0.335. The number of fused-ring (bicyclic) bond motifs is 2. The second kappa shape index (κ2) is 6.96. The molecule has 1 N–H and O–H groups in total. The summed E-state index contributed by atoms with van der Waals surface area (Å²) in [6, 6.07) is 9.68. The van der Waals surface area contributed by atoms with E-state index in [2.05, 4.69) is 15.0 Å². The maximum absolute atomic E-state index is 13.3. The molecule has 6 heteroatoms. The Bertz CT molecular complexity index is 889. The average Bonchev–Trinajstić information content (AvgIpc) is 2.95. The van der Waals surface area contributed by atoms with E-state index in [0.717, 1.165) is 53.7 Å². The summed E-state index contributed by atoms with van der Waals surface area (Å²) >= 11 is 0. The molecule has 25 heavy (non-hydrogen) atoms. The smallest absolute Gasteiger partial charge is 0.198 e. The number of nitrogens with one attached hydrogen (secondary N) is 1. The average molecular weight is 355 g/mol. The van der Waals surface area contributed by atoms with Crippen LogP contribution in [-0.2, 0) is 17.2 Å². The lowest BCUT2D eigenvalue weighted by Gasteiger charge is -2.17. The zero-order valence-corrected chi connectivity index (χ0v) is 15.0. The Morgan fingerprint density at radius 2 is 2.16 bits per heavy atom. The Morgan fingerprint density at radius 3 is 3.00 bits per heavy atom. The van der Waals surface area contributed by atoms with Crippen LogP contribution >= 0.6 is 0 Å². The second-order valence-corrected chi connectivity index (χ2v) is 7.75. The Morgan fingerprint density at radius 1 is 1.28 bits per heavy atom. The number of ether oxygens (including phenoxy) is 1. The zero-order valence-electron chi connectivity index (χ0n) is 14.2. The number of hydrogen-bond donors (Lipinski definition) is 1.